The topological polar surface area (TPSA) is 95.7 Å². The van der Waals surface area contributed by atoms with Crippen LogP contribution in [0.1, 0.15) is 84.1 Å². The molecule has 0 aromatic heterocycles. The fourth-order valence-corrected chi connectivity index (χ4v) is 6.51. The Bertz CT molecular complexity index is 961. The lowest BCUT2D eigenvalue weighted by molar-refractivity contribution is -0.132. The van der Waals surface area contributed by atoms with Crippen molar-refractivity contribution >= 4 is 11.8 Å². The number of aliphatic hydroxyl groups is 1. The van der Waals surface area contributed by atoms with Crippen LogP contribution in [0, 0.1) is 17.3 Å². The van der Waals surface area contributed by atoms with Gasteiger partial charge in [0.05, 0.1) is 11.5 Å². The number of hydrogen-bond acceptors (Lipinski definition) is 4. The van der Waals surface area contributed by atoms with E-state index < -0.39 is 17.4 Å². The molecule has 1 aromatic rings. The van der Waals surface area contributed by atoms with Gasteiger partial charge in [-0.25, -0.2) is 0 Å². The van der Waals surface area contributed by atoms with Crippen LogP contribution in [0.2, 0.25) is 0 Å². The van der Waals surface area contributed by atoms with Crippen LogP contribution in [-0.2, 0) is 16.1 Å². The Balaban J connectivity index is 1.89. The van der Waals surface area contributed by atoms with Crippen LogP contribution < -0.4 is 11.1 Å². The first-order chi connectivity index (χ1) is 18.3. The Morgan fingerprint density at radius 1 is 1.11 bits per heavy atom. The SMILES string of the molecule is CCCN(CCC)C(=O)C1=CC(C)=CC(C(N)=O)([C@H](CC2CCCCC2)[C@@H](O)CNCc2ccccc2)C1. The number of nitrogens with zero attached hydrogens (tertiary/aromatic N) is 1. The molecule has 0 saturated heterocycles. The number of aliphatic hydroxyl groups excluding tert-OH is 1. The number of nitrogens with one attached hydrogen (secondary N) is 1. The highest BCUT2D eigenvalue weighted by Gasteiger charge is 2.49. The highest BCUT2D eigenvalue weighted by Crippen LogP contribution is 2.47. The standard InChI is InChI=1S/C32H49N3O3/c1-4-16-35(17-5-2)30(37)27-18-24(3)20-32(21-27,31(33)38)28(19-25-12-8-6-9-13-25)29(36)23-34-22-26-14-10-7-11-15-26/h7,10-11,14-15,18,20,25,28-29,34,36H,4-6,8-9,12-13,16-17,19,21-23H2,1-3H3,(H2,33,38)/t28-,29+,32?/m1/s1. The molecule has 6 nitrogen and oxygen atoms in total. The fraction of sp³-hybridized carbons (Fsp3) is 0.625. The molecule has 210 valence electrons. The van der Waals surface area contributed by atoms with Crippen molar-refractivity contribution in [2.45, 2.75) is 91.2 Å². The van der Waals surface area contributed by atoms with Gasteiger partial charge in [-0.2, -0.15) is 0 Å². The zero-order valence-electron chi connectivity index (χ0n) is 23.8. The van der Waals surface area contributed by atoms with Crippen LogP contribution in [-0.4, -0.2) is 47.6 Å². The van der Waals surface area contributed by atoms with Gasteiger partial charge in [0.15, 0.2) is 0 Å². The molecule has 0 bridgehead atoms. The molecule has 0 spiro atoms. The van der Waals surface area contributed by atoms with E-state index in [1.165, 1.54) is 19.3 Å². The van der Waals surface area contributed by atoms with Gasteiger partial charge in [-0.05, 0) is 44.1 Å². The average Bonchev–Trinajstić information content (AvgIpc) is 2.91. The molecule has 2 aliphatic rings. The van der Waals surface area contributed by atoms with Gasteiger partial charge in [0, 0.05) is 37.7 Å². The maximum absolute atomic E-state index is 13.6. The van der Waals surface area contributed by atoms with Crippen LogP contribution in [0.5, 0.6) is 0 Å². The number of amides is 2. The third-order valence-corrected chi connectivity index (χ3v) is 8.34. The second kappa shape index (κ2) is 14.6. The van der Waals surface area contributed by atoms with Crippen molar-refractivity contribution in [1.82, 2.24) is 10.2 Å². The van der Waals surface area contributed by atoms with Gasteiger partial charge in [-0.3, -0.25) is 9.59 Å². The first kappa shape index (κ1) is 30.1. The van der Waals surface area contributed by atoms with E-state index in [4.69, 9.17) is 5.73 Å². The predicted octanol–water partition coefficient (Wildman–Crippen LogP) is 5.12. The van der Waals surface area contributed by atoms with E-state index in [1.54, 1.807) is 0 Å². The molecule has 1 fully saturated rings. The largest absolute Gasteiger partial charge is 0.391 e. The first-order valence-electron chi connectivity index (χ1n) is 14.7. The first-order valence-corrected chi connectivity index (χ1v) is 14.7. The van der Waals surface area contributed by atoms with E-state index in [0.717, 1.165) is 43.2 Å². The third kappa shape index (κ3) is 7.79. The van der Waals surface area contributed by atoms with Gasteiger partial charge < -0.3 is 21.1 Å². The molecule has 6 heteroatoms. The Labute approximate surface area is 229 Å². The normalized spacial score (nSPS) is 21.8. The van der Waals surface area contributed by atoms with Crippen molar-refractivity contribution in [3.8, 4) is 0 Å². The summed E-state index contributed by atoms with van der Waals surface area (Å²) in [4.78, 5) is 28.9. The van der Waals surface area contributed by atoms with Crippen LogP contribution in [0.15, 0.2) is 53.6 Å². The monoisotopic (exact) mass is 523 g/mol. The number of allylic oxidation sites excluding steroid dienone is 2. The molecule has 1 saturated carbocycles. The van der Waals surface area contributed by atoms with Crippen molar-refractivity contribution in [3.05, 3.63) is 59.2 Å². The summed E-state index contributed by atoms with van der Waals surface area (Å²) in [7, 11) is 0. The van der Waals surface area contributed by atoms with E-state index in [-0.39, 0.29) is 18.2 Å². The van der Waals surface area contributed by atoms with Crippen molar-refractivity contribution in [2.75, 3.05) is 19.6 Å². The molecular weight excluding hydrogens is 474 g/mol. The summed E-state index contributed by atoms with van der Waals surface area (Å²) in [6, 6.07) is 10.1. The molecule has 0 heterocycles. The minimum Gasteiger partial charge on any atom is -0.391 e. The predicted molar refractivity (Wildman–Crippen MR) is 154 cm³/mol. The molecule has 38 heavy (non-hydrogen) atoms. The summed E-state index contributed by atoms with van der Waals surface area (Å²) < 4.78 is 0. The minimum atomic E-state index is -1.10. The molecule has 1 unspecified atom stereocenters. The number of rotatable bonds is 14. The summed E-state index contributed by atoms with van der Waals surface area (Å²) in [6.07, 6.45) is 11.7. The minimum absolute atomic E-state index is 0.0140. The number of carbonyl (C=O) groups excluding carboxylic acids is 2. The summed E-state index contributed by atoms with van der Waals surface area (Å²) >= 11 is 0. The number of nitrogens with two attached hydrogens (primary N) is 1. The van der Waals surface area contributed by atoms with E-state index in [9.17, 15) is 14.7 Å². The Hall–Kier alpha value is -2.44. The van der Waals surface area contributed by atoms with Crippen molar-refractivity contribution in [1.29, 1.82) is 0 Å². The van der Waals surface area contributed by atoms with Crippen molar-refractivity contribution < 1.29 is 14.7 Å². The Morgan fingerprint density at radius 3 is 2.37 bits per heavy atom. The zero-order valence-corrected chi connectivity index (χ0v) is 23.8. The maximum atomic E-state index is 13.6. The van der Waals surface area contributed by atoms with Crippen LogP contribution in [0.4, 0.5) is 0 Å². The molecular formula is C32H49N3O3. The summed E-state index contributed by atoms with van der Waals surface area (Å²) in [5.41, 5.74) is 7.76. The maximum Gasteiger partial charge on any atom is 0.249 e. The average molecular weight is 524 g/mol. The zero-order chi connectivity index (χ0) is 27.5. The summed E-state index contributed by atoms with van der Waals surface area (Å²) in [5, 5.41) is 15.1. The number of hydrogen-bond donors (Lipinski definition) is 3. The number of primary amides is 1. The molecule has 3 rings (SSSR count). The Morgan fingerprint density at radius 2 is 1.76 bits per heavy atom. The van der Waals surface area contributed by atoms with Crippen molar-refractivity contribution in [2.24, 2.45) is 23.0 Å². The molecule has 4 N–H and O–H groups in total. The molecule has 1 aromatic carbocycles. The van der Waals surface area contributed by atoms with Gasteiger partial charge in [-0.1, -0.05) is 94.0 Å². The van der Waals surface area contributed by atoms with Crippen LogP contribution >= 0.6 is 0 Å². The fourth-order valence-electron chi connectivity index (χ4n) is 6.51. The van der Waals surface area contributed by atoms with Gasteiger partial charge in [0.1, 0.15) is 0 Å². The molecule has 3 atom stereocenters. The molecule has 0 radical (unpaired) electrons. The van der Waals surface area contributed by atoms with Gasteiger partial charge >= 0.3 is 0 Å². The van der Waals surface area contributed by atoms with E-state index >= 15 is 0 Å². The van der Waals surface area contributed by atoms with E-state index in [1.807, 2.05) is 42.2 Å². The summed E-state index contributed by atoms with van der Waals surface area (Å²) in [5.74, 6) is -0.386. The number of benzene rings is 1. The van der Waals surface area contributed by atoms with Gasteiger partial charge in [0.2, 0.25) is 11.8 Å². The smallest absolute Gasteiger partial charge is 0.249 e. The second-order valence-electron chi connectivity index (χ2n) is 11.5. The lowest BCUT2D eigenvalue weighted by Gasteiger charge is -2.43. The second-order valence-corrected chi connectivity index (χ2v) is 11.5. The lowest BCUT2D eigenvalue weighted by Crippen LogP contribution is -2.51. The van der Waals surface area contributed by atoms with Crippen LogP contribution in [0.25, 0.3) is 0 Å². The van der Waals surface area contributed by atoms with Gasteiger partial charge in [0.25, 0.3) is 0 Å². The quantitative estimate of drug-likeness (QED) is 0.315. The highest BCUT2D eigenvalue weighted by molar-refractivity contribution is 5.96. The van der Waals surface area contributed by atoms with E-state index in [2.05, 4.69) is 31.3 Å². The third-order valence-electron chi connectivity index (χ3n) is 8.34. The summed E-state index contributed by atoms with van der Waals surface area (Å²) in [6.45, 7) is 8.46. The number of carbonyl (C=O) groups is 2. The molecule has 2 amide bonds. The Kier molecular flexibility index (Phi) is 11.6. The van der Waals surface area contributed by atoms with Crippen LogP contribution in [0.3, 0.4) is 0 Å². The van der Waals surface area contributed by atoms with E-state index in [0.29, 0.717) is 37.7 Å². The molecule has 0 aliphatic heterocycles. The van der Waals surface area contributed by atoms with Gasteiger partial charge in [-0.15, -0.1) is 0 Å². The van der Waals surface area contributed by atoms with Crippen molar-refractivity contribution in [3.63, 3.8) is 0 Å². The highest BCUT2D eigenvalue weighted by atomic mass is 16.3. The lowest BCUT2D eigenvalue weighted by atomic mass is 9.62. The molecule has 2 aliphatic carbocycles.